The van der Waals surface area contributed by atoms with Crippen LogP contribution in [0, 0.1) is 17.6 Å². The second-order valence-corrected chi connectivity index (χ2v) is 8.45. The summed E-state index contributed by atoms with van der Waals surface area (Å²) in [6.45, 7) is 5.41. The summed E-state index contributed by atoms with van der Waals surface area (Å²) in [5.74, 6) is -4.33. The molecule has 32 heavy (non-hydrogen) atoms. The van der Waals surface area contributed by atoms with E-state index in [-0.39, 0.29) is 12.5 Å². The van der Waals surface area contributed by atoms with Crippen molar-refractivity contribution in [2.45, 2.75) is 26.8 Å². The molecule has 3 aromatic rings. The van der Waals surface area contributed by atoms with Crippen molar-refractivity contribution < 1.29 is 27.9 Å². The minimum Gasteiger partial charge on any atom is -0.462 e. The lowest BCUT2D eigenvalue weighted by molar-refractivity contribution is -0.118. The maximum absolute atomic E-state index is 13.9. The van der Waals surface area contributed by atoms with E-state index in [9.17, 15) is 23.2 Å². The van der Waals surface area contributed by atoms with Crippen molar-refractivity contribution in [1.29, 1.82) is 0 Å². The summed E-state index contributed by atoms with van der Waals surface area (Å²) in [6, 6.07) is 8.87. The van der Waals surface area contributed by atoms with Crippen LogP contribution in [0.15, 0.2) is 42.5 Å². The van der Waals surface area contributed by atoms with Gasteiger partial charge in [-0.15, -0.1) is 11.3 Å². The number of hydrogen-bond acceptors (Lipinski definition) is 5. The first-order valence-electron chi connectivity index (χ1n) is 9.97. The molecule has 0 aliphatic heterocycles. The molecule has 2 N–H and O–H groups in total. The summed E-state index contributed by atoms with van der Waals surface area (Å²) in [5.41, 5.74) is -0.287. The molecular weight excluding hydrogens is 438 g/mol. The van der Waals surface area contributed by atoms with Crippen molar-refractivity contribution in [3.63, 3.8) is 0 Å². The van der Waals surface area contributed by atoms with E-state index < -0.39 is 41.0 Å². The highest BCUT2D eigenvalue weighted by Crippen LogP contribution is 2.29. The van der Waals surface area contributed by atoms with Gasteiger partial charge in [-0.3, -0.25) is 9.59 Å². The molecule has 0 aliphatic carbocycles. The fraction of sp³-hybridized carbons (Fsp3) is 0.261. The minimum atomic E-state index is -1.03. The number of nitrogens with one attached hydrogen (secondary N) is 2. The highest BCUT2D eigenvalue weighted by molar-refractivity contribution is 7.20. The number of carbonyl (C=O) groups excluding carboxylic acids is 3. The van der Waals surface area contributed by atoms with Crippen LogP contribution in [-0.4, -0.2) is 30.4 Å². The van der Waals surface area contributed by atoms with Gasteiger partial charge in [-0.05, 0) is 54.6 Å². The summed E-state index contributed by atoms with van der Waals surface area (Å²) in [4.78, 5) is 37.7. The lowest BCUT2D eigenvalue weighted by Crippen LogP contribution is -2.47. The van der Waals surface area contributed by atoms with Crippen LogP contribution in [0.3, 0.4) is 0 Å². The molecule has 3 rings (SSSR count). The van der Waals surface area contributed by atoms with Gasteiger partial charge in [0, 0.05) is 10.4 Å². The summed E-state index contributed by atoms with van der Waals surface area (Å²) < 4.78 is 33.7. The van der Waals surface area contributed by atoms with Gasteiger partial charge in [0.15, 0.2) is 0 Å². The van der Waals surface area contributed by atoms with Crippen LogP contribution in [0.5, 0.6) is 0 Å². The molecule has 0 aliphatic rings. The van der Waals surface area contributed by atoms with Gasteiger partial charge >= 0.3 is 5.97 Å². The number of ether oxygens (including phenoxy) is 1. The van der Waals surface area contributed by atoms with Gasteiger partial charge in [0.2, 0.25) is 5.91 Å². The molecule has 9 heteroatoms. The number of benzene rings is 2. The first kappa shape index (κ1) is 23.3. The minimum absolute atomic E-state index is 0.271. The zero-order valence-electron chi connectivity index (χ0n) is 17.7. The van der Waals surface area contributed by atoms with Crippen molar-refractivity contribution in [1.82, 2.24) is 5.32 Å². The topological polar surface area (TPSA) is 84.5 Å². The molecule has 0 saturated carbocycles. The molecule has 1 atom stereocenters. The SMILES string of the molecule is CCOC(=O)c1cc2cc(NC(=O)[C@@H](NC(=O)c3c(F)cccc3F)C(C)C)ccc2s1. The van der Waals surface area contributed by atoms with Gasteiger partial charge in [-0.1, -0.05) is 19.9 Å². The van der Waals surface area contributed by atoms with Crippen LogP contribution in [-0.2, 0) is 9.53 Å². The van der Waals surface area contributed by atoms with Gasteiger partial charge in [0.05, 0.1) is 6.61 Å². The number of fused-ring (bicyclic) bond motifs is 1. The average Bonchev–Trinajstić information content (AvgIpc) is 3.15. The Hall–Kier alpha value is -3.33. The summed E-state index contributed by atoms with van der Waals surface area (Å²) in [6.07, 6.45) is 0. The molecule has 0 saturated heterocycles. The second-order valence-electron chi connectivity index (χ2n) is 7.36. The molecule has 1 aromatic heterocycles. The van der Waals surface area contributed by atoms with E-state index in [0.717, 1.165) is 28.3 Å². The lowest BCUT2D eigenvalue weighted by atomic mass is 10.0. The Labute approximate surface area is 187 Å². The molecule has 0 fully saturated rings. The molecular formula is C23H22F2N2O4S. The number of anilines is 1. The molecule has 0 unspecified atom stereocenters. The van der Waals surface area contributed by atoms with Gasteiger partial charge in [0.1, 0.15) is 28.1 Å². The normalized spacial score (nSPS) is 11.9. The first-order valence-corrected chi connectivity index (χ1v) is 10.8. The Morgan fingerprint density at radius 2 is 1.75 bits per heavy atom. The van der Waals surface area contributed by atoms with E-state index in [2.05, 4.69) is 10.6 Å². The molecule has 168 valence electrons. The van der Waals surface area contributed by atoms with Crippen LogP contribution in [0.4, 0.5) is 14.5 Å². The average molecular weight is 461 g/mol. The Bertz CT molecular complexity index is 1160. The highest BCUT2D eigenvalue weighted by Gasteiger charge is 2.27. The standard InChI is InChI=1S/C23H22F2N2O4S/c1-4-31-23(30)18-11-13-10-14(8-9-17(13)32-18)26-22(29)20(12(2)3)27-21(28)19-15(24)6-5-7-16(19)25/h5-12,20H,4H2,1-3H3,(H,26,29)(H,27,28)/t20-/m0/s1. The van der Waals surface area contributed by atoms with Crippen molar-refractivity contribution in [3.8, 4) is 0 Å². The van der Waals surface area contributed by atoms with Crippen molar-refractivity contribution in [2.24, 2.45) is 5.92 Å². The molecule has 6 nitrogen and oxygen atoms in total. The van der Waals surface area contributed by atoms with Crippen LogP contribution >= 0.6 is 11.3 Å². The Kier molecular flexibility index (Phi) is 7.19. The van der Waals surface area contributed by atoms with Crippen LogP contribution < -0.4 is 10.6 Å². The van der Waals surface area contributed by atoms with Gasteiger partial charge in [-0.25, -0.2) is 13.6 Å². The third kappa shape index (κ3) is 5.11. The van der Waals surface area contributed by atoms with E-state index in [0.29, 0.717) is 10.6 Å². The van der Waals surface area contributed by atoms with E-state index in [1.54, 1.807) is 45.0 Å². The van der Waals surface area contributed by atoms with E-state index in [1.165, 1.54) is 11.3 Å². The molecule has 0 radical (unpaired) electrons. The highest BCUT2D eigenvalue weighted by atomic mass is 32.1. The van der Waals surface area contributed by atoms with Crippen molar-refractivity contribution in [3.05, 3.63) is 64.5 Å². The number of hydrogen-bond donors (Lipinski definition) is 2. The largest absolute Gasteiger partial charge is 0.462 e. The fourth-order valence-corrected chi connectivity index (χ4v) is 4.04. The zero-order valence-corrected chi connectivity index (χ0v) is 18.5. The number of esters is 1. The maximum atomic E-state index is 13.9. The van der Waals surface area contributed by atoms with E-state index in [4.69, 9.17) is 4.74 Å². The number of rotatable bonds is 7. The monoisotopic (exact) mass is 460 g/mol. The van der Waals surface area contributed by atoms with Crippen LogP contribution in [0.25, 0.3) is 10.1 Å². The molecule has 1 heterocycles. The molecule has 2 aromatic carbocycles. The van der Waals surface area contributed by atoms with Gasteiger partial charge in [0.25, 0.3) is 5.91 Å². The van der Waals surface area contributed by atoms with E-state index >= 15 is 0 Å². The Morgan fingerprint density at radius 3 is 2.38 bits per heavy atom. The van der Waals surface area contributed by atoms with Crippen molar-refractivity contribution in [2.75, 3.05) is 11.9 Å². The number of thiophene rings is 1. The third-order valence-electron chi connectivity index (χ3n) is 4.69. The summed E-state index contributed by atoms with van der Waals surface area (Å²) in [5, 5.41) is 5.87. The molecule has 0 bridgehead atoms. The Balaban J connectivity index is 1.77. The maximum Gasteiger partial charge on any atom is 0.348 e. The number of halogens is 2. The number of amides is 2. The van der Waals surface area contributed by atoms with Crippen molar-refractivity contribution >= 4 is 44.9 Å². The Morgan fingerprint density at radius 1 is 1.06 bits per heavy atom. The third-order valence-corrected chi connectivity index (χ3v) is 5.78. The first-order chi connectivity index (χ1) is 15.2. The zero-order chi connectivity index (χ0) is 23.4. The molecule has 0 spiro atoms. The summed E-state index contributed by atoms with van der Waals surface area (Å²) in [7, 11) is 0. The molecule has 2 amide bonds. The predicted octanol–water partition coefficient (Wildman–Crippen LogP) is 4.75. The quantitative estimate of drug-likeness (QED) is 0.499. The van der Waals surface area contributed by atoms with Gasteiger partial charge in [-0.2, -0.15) is 0 Å². The predicted molar refractivity (Wildman–Crippen MR) is 119 cm³/mol. The second kappa shape index (κ2) is 9.86. The van der Waals surface area contributed by atoms with Gasteiger partial charge < -0.3 is 15.4 Å². The number of carbonyl (C=O) groups is 3. The summed E-state index contributed by atoms with van der Waals surface area (Å²) >= 11 is 1.28. The van der Waals surface area contributed by atoms with E-state index in [1.807, 2.05) is 0 Å². The van der Waals surface area contributed by atoms with Crippen LogP contribution in [0.1, 0.15) is 40.8 Å². The smallest absolute Gasteiger partial charge is 0.348 e. The van der Waals surface area contributed by atoms with Crippen LogP contribution in [0.2, 0.25) is 0 Å². The fourth-order valence-electron chi connectivity index (χ4n) is 3.11. The lowest BCUT2D eigenvalue weighted by Gasteiger charge is -2.22.